The van der Waals surface area contributed by atoms with Crippen molar-refractivity contribution < 1.29 is 18.8 Å². The second kappa shape index (κ2) is 7.09. The first-order valence-corrected chi connectivity index (χ1v) is 7.71. The number of likely N-dealkylation sites (N-methyl/N-ethyl adjacent to an activating group) is 1. The summed E-state index contributed by atoms with van der Waals surface area (Å²) in [7, 11) is 1.64. The highest BCUT2D eigenvalue weighted by Crippen LogP contribution is 2.19. The smallest absolute Gasteiger partial charge is 0.227 e. The summed E-state index contributed by atoms with van der Waals surface area (Å²) in [4.78, 5) is 17.7. The van der Waals surface area contributed by atoms with Gasteiger partial charge in [0.15, 0.2) is 0 Å². The van der Waals surface area contributed by atoms with Crippen LogP contribution in [0.15, 0.2) is 22.7 Å². The molecule has 2 rings (SSSR count). The van der Waals surface area contributed by atoms with Crippen LogP contribution in [0.1, 0.15) is 31.7 Å². The lowest BCUT2D eigenvalue weighted by molar-refractivity contribution is -0.132. The molecule has 1 aromatic heterocycles. The Balaban J connectivity index is 1.96. The number of hydrogen-bond acceptors (Lipinski definition) is 5. The lowest BCUT2D eigenvalue weighted by Crippen LogP contribution is -2.39. The highest BCUT2D eigenvalue weighted by Gasteiger charge is 2.20. The SMILES string of the molecule is Cc1cc(-c2noc(CCC(=O)N(C)CC(C)(C)O)n2)ccc1F. The zero-order valence-corrected chi connectivity index (χ0v) is 14.3. The number of aryl methyl sites for hydroxylation is 2. The molecule has 0 fully saturated rings. The fraction of sp³-hybridized carbons (Fsp3) is 0.471. The third-order valence-electron chi connectivity index (χ3n) is 3.49. The van der Waals surface area contributed by atoms with E-state index in [0.717, 1.165) is 0 Å². The molecule has 0 aliphatic heterocycles. The van der Waals surface area contributed by atoms with E-state index >= 15 is 0 Å². The molecule has 7 heteroatoms. The van der Waals surface area contributed by atoms with Gasteiger partial charge < -0.3 is 14.5 Å². The number of aliphatic hydroxyl groups is 1. The van der Waals surface area contributed by atoms with Gasteiger partial charge in [-0.25, -0.2) is 4.39 Å². The van der Waals surface area contributed by atoms with E-state index in [-0.39, 0.29) is 24.7 Å². The maximum absolute atomic E-state index is 13.3. The summed E-state index contributed by atoms with van der Waals surface area (Å²) in [5.41, 5.74) is 0.222. The molecule has 24 heavy (non-hydrogen) atoms. The Bertz CT molecular complexity index is 722. The number of carbonyl (C=O) groups excluding carboxylic acids is 1. The zero-order valence-electron chi connectivity index (χ0n) is 14.3. The molecular weight excluding hydrogens is 313 g/mol. The maximum Gasteiger partial charge on any atom is 0.227 e. The molecule has 130 valence electrons. The van der Waals surface area contributed by atoms with Crippen LogP contribution in [0.2, 0.25) is 0 Å². The van der Waals surface area contributed by atoms with Crippen molar-refractivity contribution in [1.29, 1.82) is 0 Å². The van der Waals surface area contributed by atoms with Gasteiger partial charge in [-0.15, -0.1) is 0 Å². The van der Waals surface area contributed by atoms with Gasteiger partial charge in [0.05, 0.1) is 5.60 Å². The first-order chi connectivity index (χ1) is 11.2. The van der Waals surface area contributed by atoms with Crippen LogP contribution in [0.25, 0.3) is 11.4 Å². The highest BCUT2D eigenvalue weighted by atomic mass is 19.1. The zero-order chi connectivity index (χ0) is 17.9. The molecule has 0 aliphatic carbocycles. The minimum Gasteiger partial charge on any atom is -0.389 e. The van der Waals surface area contributed by atoms with Crippen LogP contribution < -0.4 is 0 Å². The van der Waals surface area contributed by atoms with E-state index in [1.165, 1.54) is 11.0 Å². The van der Waals surface area contributed by atoms with Gasteiger partial charge in [0.2, 0.25) is 17.6 Å². The largest absolute Gasteiger partial charge is 0.389 e. The van der Waals surface area contributed by atoms with Crippen LogP contribution in [0, 0.1) is 12.7 Å². The number of aromatic nitrogens is 2. The molecule has 0 unspecified atom stereocenters. The molecule has 0 saturated carbocycles. The highest BCUT2D eigenvalue weighted by molar-refractivity contribution is 5.76. The predicted octanol–water partition coefficient (Wildman–Crippen LogP) is 2.35. The fourth-order valence-electron chi connectivity index (χ4n) is 2.33. The van der Waals surface area contributed by atoms with Crippen LogP contribution in [-0.2, 0) is 11.2 Å². The van der Waals surface area contributed by atoms with E-state index < -0.39 is 5.60 Å². The summed E-state index contributed by atoms with van der Waals surface area (Å²) in [6.45, 7) is 5.20. The molecular formula is C17H22FN3O3. The summed E-state index contributed by atoms with van der Waals surface area (Å²) in [5, 5.41) is 13.6. The van der Waals surface area contributed by atoms with E-state index in [1.54, 1.807) is 40.0 Å². The Morgan fingerprint density at radius 2 is 2.12 bits per heavy atom. The Hall–Kier alpha value is -2.28. The van der Waals surface area contributed by atoms with Crippen molar-refractivity contribution >= 4 is 5.91 Å². The van der Waals surface area contributed by atoms with Crippen LogP contribution in [0.4, 0.5) is 4.39 Å². The van der Waals surface area contributed by atoms with Gasteiger partial charge in [-0.05, 0) is 44.5 Å². The molecule has 1 heterocycles. The minimum atomic E-state index is -0.942. The maximum atomic E-state index is 13.3. The molecule has 0 radical (unpaired) electrons. The van der Waals surface area contributed by atoms with Gasteiger partial charge in [-0.1, -0.05) is 5.16 Å². The fourth-order valence-corrected chi connectivity index (χ4v) is 2.33. The molecule has 0 bridgehead atoms. The number of hydrogen-bond donors (Lipinski definition) is 1. The van der Waals surface area contributed by atoms with Crippen molar-refractivity contribution in [1.82, 2.24) is 15.0 Å². The average molecular weight is 335 g/mol. The lowest BCUT2D eigenvalue weighted by Gasteiger charge is -2.25. The minimum absolute atomic E-state index is 0.116. The Morgan fingerprint density at radius 1 is 1.42 bits per heavy atom. The van der Waals surface area contributed by atoms with Gasteiger partial charge >= 0.3 is 0 Å². The summed E-state index contributed by atoms with van der Waals surface area (Å²) < 4.78 is 18.4. The summed E-state index contributed by atoms with van der Waals surface area (Å²) >= 11 is 0. The number of amides is 1. The Morgan fingerprint density at radius 3 is 2.75 bits per heavy atom. The number of carbonyl (C=O) groups is 1. The van der Waals surface area contributed by atoms with Crippen LogP contribution in [0.3, 0.4) is 0 Å². The predicted molar refractivity (Wildman–Crippen MR) is 86.7 cm³/mol. The topological polar surface area (TPSA) is 79.5 Å². The number of halogens is 1. The van der Waals surface area contributed by atoms with Gasteiger partial charge in [0, 0.05) is 32.0 Å². The summed E-state index contributed by atoms with van der Waals surface area (Å²) in [5.74, 6) is 0.305. The van der Waals surface area contributed by atoms with Crippen LogP contribution in [-0.4, -0.2) is 45.2 Å². The first-order valence-electron chi connectivity index (χ1n) is 7.71. The molecule has 6 nitrogen and oxygen atoms in total. The van der Waals surface area contributed by atoms with E-state index in [9.17, 15) is 14.3 Å². The molecule has 0 atom stereocenters. The van der Waals surface area contributed by atoms with E-state index in [1.807, 2.05) is 0 Å². The van der Waals surface area contributed by atoms with Crippen molar-refractivity contribution in [2.75, 3.05) is 13.6 Å². The summed E-state index contributed by atoms with van der Waals surface area (Å²) in [6, 6.07) is 4.58. The van der Waals surface area contributed by atoms with Crippen LogP contribution in [0.5, 0.6) is 0 Å². The Kier molecular flexibility index (Phi) is 5.33. The molecule has 1 amide bonds. The van der Waals surface area contributed by atoms with E-state index in [0.29, 0.717) is 29.3 Å². The van der Waals surface area contributed by atoms with Gasteiger partial charge in [-0.3, -0.25) is 4.79 Å². The van der Waals surface area contributed by atoms with Crippen molar-refractivity contribution in [3.05, 3.63) is 35.5 Å². The van der Waals surface area contributed by atoms with Crippen molar-refractivity contribution in [3.8, 4) is 11.4 Å². The van der Waals surface area contributed by atoms with Crippen molar-refractivity contribution in [2.45, 2.75) is 39.2 Å². The number of nitrogens with zero attached hydrogens (tertiary/aromatic N) is 3. The molecule has 2 aromatic rings. The van der Waals surface area contributed by atoms with E-state index in [2.05, 4.69) is 10.1 Å². The summed E-state index contributed by atoms with van der Waals surface area (Å²) in [6.07, 6.45) is 0.513. The van der Waals surface area contributed by atoms with Crippen LogP contribution >= 0.6 is 0 Å². The first kappa shape index (κ1) is 18.1. The van der Waals surface area contributed by atoms with Crippen molar-refractivity contribution in [3.63, 3.8) is 0 Å². The molecule has 1 aromatic carbocycles. The lowest BCUT2D eigenvalue weighted by atomic mass is 10.1. The van der Waals surface area contributed by atoms with E-state index in [4.69, 9.17) is 4.52 Å². The van der Waals surface area contributed by atoms with Crippen molar-refractivity contribution in [2.24, 2.45) is 0 Å². The number of rotatable bonds is 6. The Labute approximate surface area is 140 Å². The molecule has 0 aliphatic rings. The molecule has 0 saturated heterocycles. The van der Waals surface area contributed by atoms with Gasteiger partial charge in [0.25, 0.3) is 0 Å². The van der Waals surface area contributed by atoms with Gasteiger partial charge in [-0.2, -0.15) is 4.98 Å². The second-order valence-corrected chi connectivity index (χ2v) is 6.54. The average Bonchev–Trinajstić information content (AvgIpc) is 2.94. The molecule has 1 N–H and O–H groups in total. The quantitative estimate of drug-likeness (QED) is 0.876. The van der Waals surface area contributed by atoms with Gasteiger partial charge in [0.1, 0.15) is 5.82 Å². The third kappa shape index (κ3) is 4.86. The monoisotopic (exact) mass is 335 g/mol. The third-order valence-corrected chi connectivity index (χ3v) is 3.49. The number of benzene rings is 1. The standard InChI is InChI=1S/C17H22FN3O3/c1-11-9-12(5-6-13(11)18)16-19-14(24-20-16)7-8-15(22)21(4)10-17(2,3)23/h5-6,9,23H,7-8,10H2,1-4H3. The normalized spacial score (nSPS) is 11.6. The second-order valence-electron chi connectivity index (χ2n) is 6.54. The molecule has 0 spiro atoms.